The molecule has 0 spiro atoms. The molecule has 1 atom stereocenters. The second-order valence-electron chi connectivity index (χ2n) is 2.64. The fourth-order valence-corrected chi connectivity index (χ4v) is 1.30. The lowest BCUT2D eigenvalue weighted by atomic mass is 10.1. The third kappa shape index (κ3) is 1.17. The number of hydrogen-bond donors (Lipinski definition) is 1. The maximum Gasteiger partial charge on any atom is 0.189 e. The van der Waals surface area contributed by atoms with Gasteiger partial charge in [0.2, 0.25) is 0 Å². The van der Waals surface area contributed by atoms with Crippen LogP contribution in [0.3, 0.4) is 0 Å². The van der Waals surface area contributed by atoms with E-state index in [1.807, 2.05) is 24.3 Å². The van der Waals surface area contributed by atoms with Gasteiger partial charge in [0.1, 0.15) is 11.9 Å². The van der Waals surface area contributed by atoms with Gasteiger partial charge in [-0.3, -0.25) is 0 Å². The smallest absolute Gasteiger partial charge is 0.189 e. The lowest BCUT2D eigenvalue weighted by Crippen LogP contribution is -2.19. The second kappa shape index (κ2) is 3.13. The third-order valence-corrected chi connectivity index (χ3v) is 1.92. The highest BCUT2D eigenvalue weighted by atomic mass is 16.7. The first kappa shape index (κ1) is 7.58. The molecule has 1 aromatic carbocycles. The molecule has 1 heterocycles. The van der Waals surface area contributed by atoms with Crippen LogP contribution in [-0.2, 0) is 4.74 Å². The number of ether oxygens (including phenoxy) is 2. The Labute approximate surface area is 70.5 Å². The van der Waals surface area contributed by atoms with Crippen LogP contribution in [0.2, 0.25) is 0 Å². The summed E-state index contributed by atoms with van der Waals surface area (Å²) in [6.45, 7) is 0.225. The van der Waals surface area contributed by atoms with Crippen molar-refractivity contribution in [3.8, 4) is 5.75 Å². The standard InChI is InChI=1S/C9H10O3/c10-5-9-7-3-1-2-4-8(7)11-6-12-9/h1-4,9-10H,5-6H2. The molecule has 1 aliphatic heterocycles. The molecule has 3 heteroatoms. The van der Waals surface area contributed by atoms with Crippen molar-refractivity contribution in [1.82, 2.24) is 0 Å². The minimum Gasteiger partial charge on any atom is -0.467 e. The first-order valence-corrected chi connectivity index (χ1v) is 3.86. The van der Waals surface area contributed by atoms with Gasteiger partial charge < -0.3 is 14.6 Å². The van der Waals surface area contributed by atoms with Crippen LogP contribution in [0.1, 0.15) is 11.7 Å². The van der Waals surface area contributed by atoms with Crippen molar-refractivity contribution < 1.29 is 14.6 Å². The highest BCUT2D eigenvalue weighted by molar-refractivity contribution is 5.35. The monoisotopic (exact) mass is 166 g/mol. The van der Waals surface area contributed by atoms with Crippen molar-refractivity contribution in [3.63, 3.8) is 0 Å². The van der Waals surface area contributed by atoms with Crippen LogP contribution in [-0.4, -0.2) is 18.5 Å². The highest BCUT2D eigenvalue weighted by Gasteiger charge is 2.19. The first-order valence-electron chi connectivity index (χ1n) is 3.86. The number of aliphatic hydroxyl groups excluding tert-OH is 1. The maximum absolute atomic E-state index is 8.96. The molecule has 3 nitrogen and oxygen atoms in total. The molecule has 0 radical (unpaired) electrons. The SMILES string of the molecule is OCC1OCOc2ccccc21. The number of rotatable bonds is 1. The van der Waals surface area contributed by atoms with Crippen molar-refractivity contribution in [3.05, 3.63) is 29.8 Å². The largest absolute Gasteiger partial charge is 0.467 e. The number of aliphatic hydroxyl groups is 1. The number of benzene rings is 1. The molecule has 12 heavy (non-hydrogen) atoms. The molecule has 0 aliphatic carbocycles. The van der Waals surface area contributed by atoms with Crippen molar-refractivity contribution in [2.75, 3.05) is 13.4 Å². The molecule has 64 valence electrons. The number of fused-ring (bicyclic) bond motifs is 1. The first-order chi connectivity index (χ1) is 5.92. The molecular formula is C9H10O3. The molecule has 0 saturated heterocycles. The van der Waals surface area contributed by atoms with Crippen LogP contribution in [0, 0.1) is 0 Å². The van der Waals surface area contributed by atoms with Crippen molar-refractivity contribution in [1.29, 1.82) is 0 Å². The lowest BCUT2D eigenvalue weighted by Gasteiger charge is -2.24. The fourth-order valence-electron chi connectivity index (χ4n) is 1.30. The van der Waals surface area contributed by atoms with E-state index in [1.165, 1.54) is 0 Å². The van der Waals surface area contributed by atoms with E-state index in [1.54, 1.807) is 0 Å². The number of para-hydroxylation sites is 1. The van der Waals surface area contributed by atoms with Gasteiger partial charge in [-0.1, -0.05) is 18.2 Å². The Morgan fingerprint density at radius 2 is 2.25 bits per heavy atom. The van der Waals surface area contributed by atoms with Gasteiger partial charge in [0.15, 0.2) is 6.79 Å². The van der Waals surface area contributed by atoms with E-state index in [4.69, 9.17) is 14.6 Å². The number of hydrogen-bond acceptors (Lipinski definition) is 3. The quantitative estimate of drug-likeness (QED) is 0.678. The summed E-state index contributed by atoms with van der Waals surface area (Å²) in [6, 6.07) is 7.58. The van der Waals surface area contributed by atoms with Gasteiger partial charge >= 0.3 is 0 Å². The average molecular weight is 166 g/mol. The second-order valence-corrected chi connectivity index (χ2v) is 2.64. The molecule has 2 rings (SSSR count). The molecule has 0 saturated carbocycles. The topological polar surface area (TPSA) is 38.7 Å². The van der Waals surface area contributed by atoms with E-state index in [2.05, 4.69) is 0 Å². The Morgan fingerprint density at radius 1 is 1.42 bits per heavy atom. The van der Waals surface area contributed by atoms with Gasteiger partial charge in [0.25, 0.3) is 0 Å². The van der Waals surface area contributed by atoms with Crippen molar-refractivity contribution in [2.45, 2.75) is 6.10 Å². The van der Waals surface area contributed by atoms with Crippen molar-refractivity contribution in [2.24, 2.45) is 0 Å². The minimum absolute atomic E-state index is 0.000370. The van der Waals surface area contributed by atoms with E-state index >= 15 is 0 Å². The summed E-state index contributed by atoms with van der Waals surface area (Å²) < 4.78 is 10.4. The summed E-state index contributed by atoms with van der Waals surface area (Å²) in [7, 11) is 0. The van der Waals surface area contributed by atoms with E-state index in [0.717, 1.165) is 11.3 Å². The van der Waals surface area contributed by atoms with Gasteiger partial charge in [-0.25, -0.2) is 0 Å². The van der Waals surface area contributed by atoms with Gasteiger partial charge in [0, 0.05) is 5.56 Å². The van der Waals surface area contributed by atoms with Gasteiger partial charge in [-0.15, -0.1) is 0 Å². The van der Waals surface area contributed by atoms with Crippen LogP contribution in [0.25, 0.3) is 0 Å². The molecule has 1 N–H and O–H groups in total. The van der Waals surface area contributed by atoms with E-state index < -0.39 is 0 Å². The predicted octanol–water partition coefficient (Wildman–Crippen LogP) is 1.09. The molecule has 0 amide bonds. The molecule has 0 aromatic heterocycles. The average Bonchev–Trinajstić information content (AvgIpc) is 2.17. The van der Waals surface area contributed by atoms with Gasteiger partial charge in [-0.05, 0) is 6.07 Å². The van der Waals surface area contributed by atoms with Gasteiger partial charge in [-0.2, -0.15) is 0 Å². The predicted molar refractivity (Wildman–Crippen MR) is 42.8 cm³/mol. The van der Waals surface area contributed by atoms with Crippen LogP contribution >= 0.6 is 0 Å². The highest BCUT2D eigenvalue weighted by Crippen LogP contribution is 2.30. The zero-order valence-electron chi connectivity index (χ0n) is 6.56. The Balaban J connectivity index is 2.37. The minimum atomic E-state index is -0.227. The van der Waals surface area contributed by atoms with E-state index in [0.29, 0.717) is 0 Å². The van der Waals surface area contributed by atoms with E-state index in [-0.39, 0.29) is 19.5 Å². The summed E-state index contributed by atoms with van der Waals surface area (Å²) in [5.41, 5.74) is 0.922. The molecule has 1 aliphatic rings. The Kier molecular flexibility index (Phi) is 1.98. The summed E-state index contributed by atoms with van der Waals surface area (Å²) in [5, 5.41) is 8.96. The molecular weight excluding hydrogens is 156 g/mol. The van der Waals surface area contributed by atoms with Crippen molar-refractivity contribution >= 4 is 0 Å². The third-order valence-electron chi connectivity index (χ3n) is 1.92. The Bertz CT molecular complexity index is 272. The molecule has 1 unspecified atom stereocenters. The zero-order valence-corrected chi connectivity index (χ0v) is 6.56. The van der Waals surface area contributed by atoms with Crippen LogP contribution < -0.4 is 4.74 Å². The summed E-state index contributed by atoms with van der Waals surface area (Å²) >= 11 is 0. The Morgan fingerprint density at radius 3 is 3.08 bits per heavy atom. The summed E-state index contributed by atoms with van der Waals surface area (Å²) in [4.78, 5) is 0. The summed E-state index contributed by atoms with van der Waals surface area (Å²) in [5.74, 6) is 0.808. The normalized spacial score (nSPS) is 21.2. The summed E-state index contributed by atoms with van der Waals surface area (Å²) in [6.07, 6.45) is -0.227. The van der Waals surface area contributed by atoms with Gasteiger partial charge in [0.05, 0.1) is 6.61 Å². The van der Waals surface area contributed by atoms with E-state index in [9.17, 15) is 0 Å². The molecule has 0 fully saturated rings. The maximum atomic E-state index is 8.96. The Hall–Kier alpha value is -1.06. The lowest BCUT2D eigenvalue weighted by molar-refractivity contribution is -0.0788. The van der Waals surface area contributed by atoms with Crippen LogP contribution in [0.5, 0.6) is 5.75 Å². The molecule has 1 aromatic rings. The van der Waals surface area contributed by atoms with Crippen LogP contribution in [0.15, 0.2) is 24.3 Å². The molecule has 0 bridgehead atoms. The van der Waals surface area contributed by atoms with Crippen LogP contribution in [0.4, 0.5) is 0 Å². The zero-order chi connectivity index (χ0) is 8.39. The fraction of sp³-hybridized carbons (Fsp3) is 0.333.